The molecule has 15 N–H and O–H groups in total. The molecule has 15 nitrogen and oxygen atoms in total. The van der Waals surface area contributed by atoms with E-state index in [0.717, 1.165) is 0 Å². The first-order valence-electron chi connectivity index (χ1n) is 8.67. The van der Waals surface area contributed by atoms with Gasteiger partial charge in [-0.1, -0.05) is 0 Å². The lowest BCUT2D eigenvalue weighted by Crippen LogP contribution is -2.67. The third kappa shape index (κ3) is 4.85. The Morgan fingerprint density at radius 2 is 1.28 bits per heavy atom. The van der Waals surface area contributed by atoms with Gasteiger partial charge in [-0.15, -0.1) is 0 Å². The summed E-state index contributed by atoms with van der Waals surface area (Å²) in [4.78, 5) is 7.45. The van der Waals surface area contributed by atoms with Crippen LogP contribution in [0.25, 0.3) is 0 Å². The van der Waals surface area contributed by atoms with E-state index in [1.54, 1.807) is 0 Å². The number of nitrogens with zero attached hydrogens (tertiary/aromatic N) is 2. The SMILES string of the molecule is NC(N)=N[C@H]1[C@H](O)[C@@H](O)[C@H](O[C@@H]2O[C@H](CO)[C@@H](O)[C@H](O)[C@H]2O)[C@@H](N=C(N)N)[C@@H]1O. The van der Waals surface area contributed by atoms with Crippen molar-refractivity contribution < 1.29 is 45.2 Å². The Hall–Kier alpha value is -1.82. The van der Waals surface area contributed by atoms with Gasteiger partial charge in [0.25, 0.3) is 0 Å². The third-order valence-corrected chi connectivity index (χ3v) is 4.81. The van der Waals surface area contributed by atoms with Gasteiger partial charge in [0, 0.05) is 0 Å². The predicted octanol–water partition coefficient (Wildman–Crippen LogP) is -7.45. The quantitative estimate of drug-likeness (QED) is 0.144. The molecule has 2 rings (SSSR count). The molecular formula is C14H28N6O9. The molecule has 2 fully saturated rings. The highest BCUT2D eigenvalue weighted by Crippen LogP contribution is 2.31. The Kier molecular flexibility index (Phi) is 7.55. The first-order chi connectivity index (χ1) is 13.5. The third-order valence-electron chi connectivity index (χ3n) is 4.81. The molecule has 29 heavy (non-hydrogen) atoms. The van der Waals surface area contributed by atoms with E-state index >= 15 is 0 Å². The van der Waals surface area contributed by atoms with Crippen molar-refractivity contribution in [1.29, 1.82) is 0 Å². The van der Waals surface area contributed by atoms with Gasteiger partial charge in [0.15, 0.2) is 18.2 Å². The van der Waals surface area contributed by atoms with Crippen LogP contribution in [0.4, 0.5) is 0 Å². The number of guanidine groups is 2. The first-order valence-corrected chi connectivity index (χ1v) is 8.67. The molecule has 0 unspecified atom stereocenters. The summed E-state index contributed by atoms with van der Waals surface area (Å²) in [5, 5.41) is 70.4. The van der Waals surface area contributed by atoms with Crippen LogP contribution in [0.15, 0.2) is 9.98 Å². The zero-order valence-electron chi connectivity index (χ0n) is 15.2. The summed E-state index contributed by atoms with van der Waals surface area (Å²) in [6.45, 7) is -0.715. The number of hydrogen-bond donors (Lipinski definition) is 11. The normalized spacial score (nSPS) is 45.4. The zero-order valence-corrected chi connectivity index (χ0v) is 15.2. The maximum absolute atomic E-state index is 10.6. The Balaban J connectivity index is 2.33. The molecule has 0 bridgehead atoms. The monoisotopic (exact) mass is 424 g/mol. The van der Waals surface area contributed by atoms with Crippen molar-refractivity contribution in [3.63, 3.8) is 0 Å². The minimum atomic E-state index is -1.80. The fraction of sp³-hybridized carbons (Fsp3) is 0.857. The lowest BCUT2D eigenvalue weighted by molar-refractivity contribution is -0.326. The number of aliphatic hydroxyl groups is 7. The van der Waals surface area contributed by atoms with Crippen LogP contribution in [-0.4, -0.2) is 121 Å². The van der Waals surface area contributed by atoms with Gasteiger partial charge in [-0.2, -0.15) is 0 Å². The molecule has 1 aliphatic carbocycles. The lowest BCUT2D eigenvalue weighted by atomic mass is 9.81. The van der Waals surface area contributed by atoms with Crippen molar-refractivity contribution >= 4 is 11.9 Å². The minimum Gasteiger partial charge on any atom is -0.394 e. The zero-order chi connectivity index (χ0) is 22.0. The van der Waals surface area contributed by atoms with E-state index in [4.69, 9.17) is 32.4 Å². The largest absolute Gasteiger partial charge is 0.394 e. The van der Waals surface area contributed by atoms with Crippen LogP contribution in [0.1, 0.15) is 0 Å². The van der Waals surface area contributed by atoms with E-state index in [2.05, 4.69) is 9.98 Å². The van der Waals surface area contributed by atoms with Gasteiger partial charge in [0.1, 0.15) is 60.9 Å². The number of nitrogens with two attached hydrogens (primary N) is 4. The molecule has 0 aromatic rings. The van der Waals surface area contributed by atoms with Crippen LogP contribution in [-0.2, 0) is 9.47 Å². The van der Waals surface area contributed by atoms with E-state index in [1.807, 2.05) is 0 Å². The Morgan fingerprint density at radius 3 is 1.79 bits per heavy atom. The summed E-state index contributed by atoms with van der Waals surface area (Å²) in [6, 6.07) is -2.82. The lowest BCUT2D eigenvalue weighted by Gasteiger charge is -2.46. The molecule has 1 saturated carbocycles. The number of ether oxygens (including phenoxy) is 2. The molecule has 11 atom stereocenters. The molecule has 2 aliphatic rings. The molecule has 1 aliphatic heterocycles. The van der Waals surface area contributed by atoms with Gasteiger partial charge in [-0.25, -0.2) is 9.98 Å². The molecule has 0 aromatic carbocycles. The van der Waals surface area contributed by atoms with Crippen LogP contribution < -0.4 is 22.9 Å². The van der Waals surface area contributed by atoms with Crippen molar-refractivity contribution in [3.05, 3.63) is 0 Å². The van der Waals surface area contributed by atoms with Crippen LogP contribution in [0.2, 0.25) is 0 Å². The number of rotatable bonds is 5. The van der Waals surface area contributed by atoms with Crippen LogP contribution >= 0.6 is 0 Å². The molecule has 15 heteroatoms. The fourth-order valence-corrected chi connectivity index (χ4v) is 3.34. The van der Waals surface area contributed by atoms with Crippen molar-refractivity contribution in [2.75, 3.05) is 6.61 Å². The Morgan fingerprint density at radius 1 is 0.724 bits per heavy atom. The molecule has 0 aromatic heterocycles. The summed E-state index contributed by atoms with van der Waals surface area (Å²) in [6.07, 6.45) is -14.9. The second kappa shape index (κ2) is 9.33. The minimum absolute atomic E-state index is 0.475. The number of aliphatic hydroxyl groups excluding tert-OH is 7. The van der Waals surface area contributed by atoms with Crippen molar-refractivity contribution in [2.45, 2.75) is 67.2 Å². The van der Waals surface area contributed by atoms with Gasteiger partial charge in [-0.05, 0) is 0 Å². The summed E-state index contributed by atoms with van der Waals surface area (Å²) in [5.74, 6) is -0.972. The van der Waals surface area contributed by atoms with Gasteiger partial charge < -0.3 is 68.2 Å². The molecular weight excluding hydrogens is 396 g/mol. The highest BCUT2D eigenvalue weighted by atomic mass is 16.7. The van der Waals surface area contributed by atoms with Crippen molar-refractivity contribution in [3.8, 4) is 0 Å². The summed E-state index contributed by atoms with van der Waals surface area (Å²) < 4.78 is 10.7. The van der Waals surface area contributed by atoms with Crippen LogP contribution in [0.5, 0.6) is 0 Å². The van der Waals surface area contributed by atoms with E-state index in [-0.39, 0.29) is 0 Å². The summed E-state index contributed by atoms with van der Waals surface area (Å²) >= 11 is 0. The predicted molar refractivity (Wildman–Crippen MR) is 95.9 cm³/mol. The van der Waals surface area contributed by atoms with Crippen molar-refractivity contribution in [1.82, 2.24) is 0 Å². The molecule has 0 radical (unpaired) electrons. The maximum Gasteiger partial charge on any atom is 0.187 e. The average Bonchev–Trinajstić information content (AvgIpc) is 2.65. The van der Waals surface area contributed by atoms with Gasteiger partial charge in [0.05, 0.1) is 6.61 Å². The second-order valence-electron chi connectivity index (χ2n) is 6.86. The smallest absolute Gasteiger partial charge is 0.187 e. The second-order valence-corrected chi connectivity index (χ2v) is 6.86. The van der Waals surface area contributed by atoms with E-state index in [1.165, 1.54) is 0 Å². The standard InChI is InChI=1S/C14H28N6O9/c15-13(16)19-3-6(23)4(20-14(17)18)11(9(26)7(3)24)29-12-10(27)8(25)5(22)2(1-21)28-12/h2-12,21-27H,1H2,(H4,15,16,19)(H4,17,18,20)/t2-,3-,4+,5-,6-,7+,8+,9-,10-,11-,12+/m1/s1. The molecule has 0 spiro atoms. The molecule has 1 heterocycles. The van der Waals surface area contributed by atoms with E-state index < -0.39 is 85.7 Å². The Labute approximate surface area is 164 Å². The summed E-state index contributed by atoms with van der Waals surface area (Å²) in [5.41, 5.74) is 21.3. The molecule has 0 amide bonds. The number of aliphatic imine (C=N–C) groups is 2. The van der Waals surface area contributed by atoms with Gasteiger partial charge in [-0.3, -0.25) is 0 Å². The molecule has 168 valence electrons. The van der Waals surface area contributed by atoms with Crippen LogP contribution in [0, 0.1) is 0 Å². The topological polar surface area (TPSA) is 289 Å². The number of hydrogen-bond acceptors (Lipinski definition) is 11. The fourth-order valence-electron chi connectivity index (χ4n) is 3.34. The first kappa shape index (κ1) is 23.5. The van der Waals surface area contributed by atoms with E-state index in [9.17, 15) is 35.7 Å². The highest BCUT2D eigenvalue weighted by molar-refractivity contribution is 5.76. The Bertz CT molecular complexity index is 614. The van der Waals surface area contributed by atoms with Crippen LogP contribution in [0.3, 0.4) is 0 Å². The maximum atomic E-state index is 10.6. The summed E-state index contributed by atoms with van der Waals surface area (Å²) in [7, 11) is 0. The molecule has 1 saturated heterocycles. The van der Waals surface area contributed by atoms with Crippen molar-refractivity contribution in [2.24, 2.45) is 32.9 Å². The average molecular weight is 424 g/mol. The highest BCUT2D eigenvalue weighted by Gasteiger charge is 2.53. The van der Waals surface area contributed by atoms with E-state index in [0.29, 0.717) is 0 Å². The van der Waals surface area contributed by atoms with Gasteiger partial charge >= 0.3 is 0 Å². The van der Waals surface area contributed by atoms with Gasteiger partial charge in [0.2, 0.25) is 0 Å².